The van der Waals surface area contributed by atoms with Gasteiger partial charge in [-0.3, -0.25) is 9.99 Å². The van der Waals surface area contributed by atoms with E-state index in [9.17, 15) is 31.6 Å². The molecule has 44 heavy (non-hydrogen) atoms. The summed E-state index contributed by atoms with van der Waals surface area (Å²) < 4.78 is 98.2. The number of rotatable bonds is 9. The Balaban J connectivity index is 1.60. The van der Waals surface area contributed by atoms with Crippen molar-refractivity contribution in [1.82, 2.24) is 25.9 Å². The van der Waals surface area contributed by atoms with Crippen molar-refractivity contribution in [3.05, 3.63) is 69.9 Å². The zero-order valence-electron chi connectivity index (χ0n) is 23.5. The van der Waals surface area contributed by atoms with Crippen LogP contribution in [-0.2, 0) is 0 Å². The Labute approximate surface area is 252 Å². The second-order valence-corrected chi connectivity index (χ2v) is 11.7. The van der Waals surface area contributed by atoms with Crippen molar-refractivity contribution in [2.45, 2.75) is 57.8 Å². The standard InChI is InChI=1S/C28H26ClF7N8/c1-13-16(4-5-19(30)40-13)22(23-24(31)44(43-42-23)27(6-7-27)25(32)33)41-15-8-17-20(39-12-26(2,3)28(34,35)36)14(10-37)11-38-21(17)18(29)9-15/h4-5,8-9,11,22,25,41-43H,6-7,12H2,1-3H3,(H,38,39)/t22-/m0/s1. The largest absolute Gasteiger partial charge is 0.395 e. The number of aromatic nitrogens is 2. The summed E-state index contributed by atoms with van der Waals surface area (Å²) in [7, 11) is 0. The summed E-state index contributed by atoms with van der Waals surface area (Å²) in [5.41, 5.74) is 1.75. The van der Waals surface area contributed by atoms with Crippen LogP contribution in [0, 0.1) is 29.6 Å². The van der Waals surface area contributed by atoms with E-state index in [0.29, 0.717) is 0 Å². The predicted octanol–water partition coefficient (Wildman–Crippen LogP) is 7.02. The highest BCUT2D eigenvalue weighted by Gasteiger charge is 2.59. The van der Waals surface area contributed by atoms with Gasteiger partial charge in [-0.1, -0.05) is 17.7 Å². The molecule has 0 spiro atoms. The molecule has 2 aromatic heterocycles. The summed E-state index contributed by atoms with van der Waals surface area (Å²) in [6, 6.07) is 6.02. The van der Waals surface area contributed by atoms with Crippen LogP contribution in [0.1, 0.15) is 49.6 Å². The van der Waals surface area contributed by atoms with Crippen LogP contribution in [0.5, 0.6) is 0 Å². The van der Waals surface area contributed by atoms with Crippen LogP contribution in [0.4, 0.5) is 42.1 Å². The number of nitrogens with zero attached hydrogens (tertiary/aromatic N) is 4. The number of anilines is 2. The van der Waals surface area contributed by atoms with Gasteiger partial charge in [-0.05, 0) is 51.8 Å². The van der Waals surface area contributed by atoms with E-state index in [1.807, 2.05) is 6.07 Å². The highest BCUT2D eigenvalue weighted by atomic mass is 35.5. The molecule has 1 atom stereocenters. The number of hydrazine groups is 2. The Hall–Kier alpha value is -4.03. The Kier molecular flexibility index (Phi) is 7.96. The molecule has 234 valence electrons. The lowest BCUT2D eigenvalue weighted by Crippen LogP contribution is -2.49. The lowest BCUT2D eigenvalue weighted by atomic mass is 9.92. The topological polar surface area (TPSA) is 101 Å². The van der Waals surface area contributed by atoms with E-state index in [0.717, 1.165) is 24.9 Å². The van der Waals surface area contributed by atoms with Crippen LogP contribution in [0.25, 0.3) is 10.9 Å². The van der Waals surface area contributed by atoms with E-state index < -0.39 is 48.0 Å². The maximum atomic E-state index is 15.8. The Morgan fingerprint density at radius 3 is 2.48 bits per heavy atom. The lowest BCUT2D eigenvalue weighted by molar-refractivity contribution is -0.206. The average molecular weight is 643 g/mol. The molecule has 3 heterocycles. The first-order valence-corrected chi connectivity index (χ1v) is 13.7. The lowest BCUT2D eigenvalue weighted by Gasteiger charge is -2.29. The molecule has 5 rings (SSSR count). The molecular weight excluding hydrogens is 617 g/mol. The minimum atomic E-state index is -4.55. The number of hydrogen-bond donors (Lipinski definition) is 4. The van der Waals surface area contributed by atoms with Gasteiger partial charge in [0.15, 0.2) is 0 Å². The van der Waals surface area contributed by atoms with Gasteiger partial charge in [0, 0.05) is 35.1 Å². The van der Waals surface area contributed by atoms with Crippen molar-refractivity contribution in [2.24, 2.45) is 5.41 Å². The molecule has 1 fully saturated rings. The zero-order valence-corrected chi connectivity index (χ0v) is 24.2. The molecular formula is C28H26ClF7N8. The van der Waals surface area contributed by atoms with E-state index in [1.165, 1.54) is 31.3 Å². The van der Waals surface area contributed by atoms with Gasteiger partial charge in [-0.15, -0.1) is 5.53 Å². The first kappa shape index (κ1) is 31.4. The van der Waals surface area contributed by atoms with Gasteiger partial charge in [0.05, 0.1) is 33.2 Å². The van der Waals surface area contributed by atoms with Crippen molar-refractivity contribution in [1.29, 1.82) is 5.26 Å². The number of benzene rings is 1. The number of pyridine rings is 2. The minimum absolute atomic E-state index is 0.0430. The number of hydrogen-bond acceptors (Lipinski definition) is 8. The van der Waals surface area contributed by atoms with Crippen LogP contribution in [0.15, 0.2) is 42.1 Å². The molecule has 0 bridgehead atoms. The van der Waals surface area contributed by atoms with Crippen molar-refractivity contribution in [3.63, 3.8) is 0 Å². The average Bonchev–Trinajstić information content (AvgIpc) is 3.66. The van der Waals surface area contributed by atoms with Gasteiger partial charge in [-0.2, -0.15) is 27.2 Å². The first-order valence-electron chi connectivity index (χ1n) is 13.3. The third-order valence-corrected chi connectivity index (χ3v) is 8.15. The number of aryl methyl sites for hydroxylation is 1. The van der Waals surface area contributed by atoms with Crippen LogP contribution in [0.3, 0.4) is 0 Å². The van der Waals surface area contributed by atoms with Gasteiger partial charge >= 0.3 is 6.18 Å². The van der Waals surface area contributed by atoms with Gasteiger partial charge < -0.3 is 16.1 Å². The molecule has 8 nitrogen and oxygen atoms in total. The monoisotopic (exact) mass is 642 g/mol. The highest BCUT2D eigenvalue weighted by molar-refractivity contribution is 6.35. The molecule has 4 N–H and O–H groups in total. The summed E-state index contributed by atoms with van der Waals surface area (Å²) >= 11 is 6.53. The van der Waals surface area contributed by atoms with Crippen LogP contribution in [-0.4, -0.2) is 39.7 Å². The maximum absolute atomic E-state index is 15.8. The summed E-state index contributed by atoms with van der Waals surface area (Å²) in [4.78, 5) is 8.00. The zero-order chi connectivity index (χ0) is 32.2. The summed E-state index contributed by atoms with van der Waals surface area (Å²) in [5, 5.41) is 16.4. The fraction of sp³-hybridized carbons (Fsp3) is 0.393. The van der Waals surface area contributed by atoms with Crippen LogP contribution < -0.4 is 21.6 Å². The molecule has 0 saturated heterocycles. The quantitative estimate of drug-likeness (QED) is 0.112. The van der Waals surface area contributed by atoms with E-state index >= 15 is 4.39 Å². The molecule has 0 amide bonds. The normalized spacial score (nSPS) is 17.1. The third kappa shape index (κ3) is 5.52. The number of halogens is 8. The molecule has 1 aromatic carbocycles. The Morgan fingerprint density at radius 1 is 1.18 bits per heavy atom. The summed E-state index contributed by atoms with van der Waals surface area (Å²) in [6.07, 6.45) is -6.13. The molecule has 0 radical (unpaired) electrons. The fourth-order valence-corrected chi connectivity index (χ4v) is 5.12. The summed E-state index contributed by atoms with van der Waals surface area (Å²) in [5.74, 6) is -1.82. The molecule has 2 aliphatic rings. The number of nitrogens with one attached hydrogen (secondary N) is 4. The predicted molar refractivity (Wildman–Crippen MR) is 149 cm³/mol. The number of alkyl halides is 5. The fourth-order valence-electron chi connectivity index (χ4n) is 4.85. The van der Waals surface area contributed by atoms with Crippen molar-refractivity contribution < 1.29 is 30.7 Å². The Morgan fingerprint density at radius 2 is 1.89 bits per heavy atom. The number of fused-ring (bicyclic) bond motifs is 1. The van der Waals surface area contributed by atoms with Crippen LogP contribution in [0.2, 0.25) is 5.02 Å². The highest BCUT2D eigenvalue weighted by Crippen LogP contribution is 2.49. The molecule has 1 aliphatic heterocycles. The Bertz CT molecular complexity index is 1680. The van der Waals surface area contributed by atoms with Crippen molar-refractivity contribution in [2.75, 3.05) is 17.2 Å². The minimum Gasteiger partial charge on any atom is -0.382 e. The first-order chi connectivity index (χ1) is 20.6. The molecule has 1 aliphatic carbocycles. The van der Waals surface area contributed by atoms with E-state index in [2.05, 4.69) is 31.6 Å². The van der Waals surface area contributed by atoms with Crippen molar-refractivity contribution >= 4 is 33.9 Å². The van der Waals surface area contributed by atoms with Crippen molar-refractivity contribution in [3.8, 4) is 6.07 Å². The maximum Gasteiger partial charge on any atom is 0.395 e. The molecule has 1 saturated carbocycles. The number of nitriles is 1. The molecule has 0 unspecified atom stereocenters. The van der Waals surface area contributed by atoms with E-state index in [-0.39, 0.29) is 62.7 Å². The van der Waals surface area contributed by atoms with Gasteiger partial charge in [0.25, 0.3) is 6.43 Å². The second-order valence-electron chi connectivity index (χ2n) is 11.3. The van der Waals surface area contributed by atoms with Gasteiger partial charge in [0.2, 0.25) is 11.9 Å². The molecule has 16 heteroatoms. The van der Waals surface area contributed by atoms with Crippen LogP contribution >= 0.6 is 11.6 Å². The smallest absolute Gasteiger partial charge is 0.382 e. The van der Waals surface area contributed by atoms with Gasteiger partial charge in [0.1, 0.15) is 17.3 Å². The van der Waals surface area contributed by atoms with E-state index in [4.69, 9.17) is 11.6 Å². The molecule has 3 aromatic rings. The summed E-state index contributed by atoms with van der Waals surface area (Å²) in [6.45, 7) is 2.91. The SMILES string of the molecule is Cc1nc(F)ccc1[C@H](Nc1cc(Cl)c2ncc(C#N)c(NCC(C)(C)C(F)(F)F)c2c1)C1=C(F)N(C2(C(F)F)CC2)NN1. The van der Waals surface area contributed by atoms with E-state index in [1.54, 1.807) is 0 Å². The second kappa shape index (κ2) is 11.2. The third-order valence-electron chi connectivity index (χ3n) is 7.86. The van der Waals surface area contributed by atoms with Gasteiger partial charge in [-0.25, -0.2) is 13.8 Å².